The lowest BCUT2D eigenvalue weighted by atomic mass is 10.2. The lowest BCUT2D eigenvalue weighted by molar-refractivity contribution is -0.192. The monoisotopic (exact) mass is 459 g/mol. The highest BCUT2D eigenvalue weighted by Gasteiger charge is 2.38. The van der Waals surface area contributed by atoms with E-state index in [-0.39, 0.29) is 43.4 Å². The third-order valence-electron chi connectivity index (χ3n) is 3.79. The molecule has 1 amide bonds. The number of hydrogen-bond donors (Lipinski definition) is 5. The first-order valence-corrected chi connectivity index (χ1v) is 8.84. The topological polar surface area (TPSA) is 180 Å². The molecule has 0 saturated carbocycles. The molecule has 0 radical (unpaired) electrons. The molecule has 0 atom stereocenters. The first kappa shape index (κ1) is 25.9. The summed E-state index contributed by atoms with van der Waals surface area (Å²) in [5, 5.41) is 25.5. The molecule has 2 rings (SSSR count). The zero-order valence-electron chi connectivity index (χ0n) is 16.4. The standard InChI is InChI=1S/C16H19N5O4.C2HF3O2/c17-15(18)11-1-3-12(4-2-11)21-10-9-20(16(21)25)8-6-13(22)19-7-5-14(23)24;3-2(4,5)1(6)7/h1-4,9-10H,5-8H2,(H3,17,18)(H,19,22)(H,23,24);(H,6,7). The first-order valence-electron chi connectivity index (χ1n) is 8.84. The van der Waals surface area contributed by atoms with E-state index in [9.17, 15) is 27.6 Å². The van der Waals surface area contributed by atoms with Crippen molar-refractivity contribution in [2.24, 2.45) is 5.73 Å². The van der Waals surface area contributed by atoms with Crippen molar-refractivity contribution in [3.63, 3.8) is 0 Å². The summed E-state index contributed by atoms with van der Waals surface area (Å²) in [6.07, 6.45) is -1.98. The molecule has 0 aliphatic heterocycles. The van der Waals surface area contributed by atoms with Crippen molar-refractivity contribution >= 4 is 23.7 Å². The largest absolute Gasteiger partial charge is 0.490 e. The van der Waals surface area contributed by atoms with Crippen molar-refractivity contribution in [2.45, 2.75) is 25.6 Å². The molecule has 0 fully saturated rings. The van der Waals surface area contributed by atoms with Crippen LogP contribution in [0.15, 0.2) is 41.5 Å². The maximum atomic E-state index is 12.4. The average molecular weight is 459 g/mol. The number of amides is 1. The van der Waals surface area contributed by atoms with Gasteiger partial charge in [0.25, 0.3) is 0 Å². The maximum absolute atomic E-state index is 12.4. The molecule has 6 N–H and O–H groups in total. The fourth-order valence-corrected chi connectivity index (χ4v) is 2.20. The number of aromatic nitrogens is 2. The Morgan fingerprint density at radius 1 is 1.06 bits per heavy atom. The number of imidazole rings is 1. The summed E-state index contributed by atoms with van der Waals surface area (Å²) in [5.74, 6) is -4.10. The number of carbonyl (C=O) groups excluding carboxylic acids is 1. The molecule has 0 bridgehead atoms. The van der Waals surface area contributed by atoms with Crippen LogP contribution in [0.3, 0.4) is 0 Å². The lowest BCUT2D eigenvalue weighted by Crippen LogP contribution is -2.29. The van der Waals surface area contributed by atoms with Crippen molar-refractivity contribution in [3.05, 3.63) is 52.7 Å². The summed E-state index contributed by atoms with van der Waals surface area (Å²) < 4.78 is 34.6. The van der Waals surface area contributed by atoms with Gasteiger partial charge in [-0.3, -0.25) is 24.1 Å². The number of hydrogen-bond acceptors (Lipinski definition) is 5. The second-order valence-electron chi connectivity index (χ2n) is 6.15. The molecule has 1 aromatic heterocycles. The smallest absolute Gasteiger partial charge is 0.481 e. The normalized spacial score (nSPS) is 10.6. The summed E-state index contributed by atoms with van der Waals surface area (Å²) in [6.45, 7) is 0.253. The van der Waals surface area contributed by atoms with E-state index >= 15 is 0 Å². The van der Waals surface area contributed by atoms with Crippen LogP contribution in [0.5, 0.6) is 0 Å². The number of nitrogen functional groups attached to an aromatic ring is 1. The number of alkyl halides is 3. The minimum atomic E-state index is -5.08. The van der Waals surface area contributed by atoms with Crippen LogP contribution in [0.1, 0.15) is 18.4 Å². The van der Waals surface area contributed by atoms with E-state index in [1.807, 2.05) is 0 Å². The fourth-order valence-electron chi connectivity index (χ4n) is 2.20. The molecule has 174 valence electrons. The van der Waals surface area contributed by atoms with Gasteiger partial charge in [-0.2, -0.15) is 13.2 Å². The van der Waals surface area contributed by atoms with Crippen molar-refractivity contribution in [3.8, 4) is 5.69 Å². The third-order valence-corrected chi connectivity index (χ3v) is 3.79. The van der Waals surface area contributed by atoms with E-state index < -0.39 is 18.1 Å². The quantitative estimate of drug-likeness (QED) is 0.282. The number of nitrogens with two attached hydrogens (primary N) is 1. The molecule has 0 aliphatic carbocycles. The Hall–Kier alpha value is -4.10. The van der Waals surface area contributed by atoms with Crippen molar-refractivity contribution < 1.29 is 37.8 Å². The third kappa shape index (κ3) is 8.33. The Morgan fingerprint density at radius 2 is 1.62 bits per heavy atom. The van der Waals surface area contributed by atoms with Gasteiger partial charge in [-0.05, 0) is 24.3 Å². The van der Waals surface area contributed by atoms with Gasteiger partial charge < -0.3 is 21.3 Å². The van der Waals surface area contributed by atoms with Gasteiger partial charge in [0.2, 0.25) is 5.91 Å². The van der Waals surface area contributed by atoms with Crippen LogP contribution < -0.4 is 16.7 Å². The fraction of sp³-hybridized carbons (Fsp3) is 0.278. The van der Waals surface area contributed by atoms with Crippen LogP contribution in [0.4, 0.5) is 13.2 Å². The van der Waals surface area contributed by atoms with E-state index in [1.165, 1.54) is 9.13 Å². The second kappa shape index (κ2) is 11.3. The molecule has 11 nitrogen and oxygen atoms in total. The summed E-state index contributed by atoms with van der Waals surface area (Å²) in [7, 11) is 0. The van der Waals surface area contributed by atoms with Crippen LogP contribution in [0, 0.1) is 5.41 Å². The number of benzene rings is 1. The molecule has 32 heavy (non-hydrogen) atoms. The molecule has 1 aromatic carbocycles. The number of aliphatic carboxylic acids is 2. The molecule has 0 aliphatic rings. The number of rotatable bonds is 8. The van der Waals surface area contributed by atoms with E-state index in [1.54, 1.807) is 36.7 Å². The Morgan fingerprint density at radius 3 is 2.09 bits per heavy atom. The van der Waals surface area contributed by atoms with E-state index in [0.717, 1.165) is 0 Å². The van der Waals surface area contributed by atoms with E-state index in [4.69, 9.17) is 26.2 Å². The van der Waals surface area contributed by atoms with Crippen molar-refractivity contribution in [1.82, 2.24) is 14.5 Å². The van der Waals surface area contributed by atoms with Crippen molar-refractivity contribution in [2.75, 3.05) is 6.54 Å². The number of nitrogens with zero attached hydrogens (tertiary/aromatic N) is 2. The van der Waals surface area contributed by atoms with Crippen LogP contribution in [0.25, 0.3) is 5.69 Å². The number of carboxylic acid groups (broad SMARTS) is 2. The minimum Gasteiger partial charge on any atom is -0.481 e. The number of aryl methyl sites for hydroxylation is 1. The molecule has 0 saturated heterocycles. The molecule has 1 heterocycles. The Kier molecular flexibility index (Phi) is 9.19. The lowest BCUT2D eigenvalue weighted by Gasteiger charge is -2.05. The van der Waals surface area contributed by atoms with Crippen LogP contribution in [-0.2, 0) is 20.9 Å². The Balaban J connectivity index is 0.000000633. The van der Waals surface area contributed by atoms with Gasteiger partial charge in [0.1, 0.15) is 5.84 Å². The molecular weight excluding hydrogens is 439 g/mol. The number of amidine groups is 1. The molecule has 0 spiro atoms. The zero-order chi connectivity index (χ0) is 24.5. The van der Waals surface area contributed by atoms with Gasteiger partial charge >= 0.3 is 23.8 Å². The second-order valence-corrected chi connectivity index (χ2v) is 6.15. The summed E-state index contributed by atoms with van der Waals surface area (Å²) in [4.78, 5) is 43.3. The van der Waals surface area contributed by atoms with E-state index in [0.29, 0.717) is 11.3 Å². The molecule has 14 heteroatoms. The summed E-state index contributed by atoms with van der Waals surface area (Å²) in [5.41, 5.74) is 6.29. The van der Waals surface area contributed by atoms with Crippen LogP contribution in [-0.4, -0.2) is 55.7 Å². The Bertz CT molecular complexity index is 1030. The highest BCUT2D eigenvalue weighted by atomic mass is 19.4. The highest BCUT2D eigenvalue weighted by molar-refractivity contribution is 5.95. The van der Waals surface area contributed by atoms with Gasteiger partial charge in [0.15, 0.2) is 0 Å². The number of carbonyl (C=O) groups is 3. The van der Waals surface area contributed by atoms with Gasteiger partial charge in [0.05, 0.1) is 12.1 Å². The highest BCUT2D eigenvalue weighted by Crippen LogP contribution is 2.13. The van der Waals surface area contributed by atoms with Gasteiger partial charge in [-0.1, -0.05) is 0 Å². The number of carboxylic acids is 2. The Labute approximate surface area is 178 Å². The van der Waals surface area contributed by atoms with Gasteiger partial charge in [0, 0.05) is 37.5 Å². The van der Waals surface area contributed by atoms with Gasteiger partial charge in [-0.25, -0.2) is 9.59 Å². The van der Waals surface area contributed by atoms with Crippen LogP contribution in [0.2, 0.25) is 0 Å². The molecule has 0 unspecified atom stereocenters. The number of halogens is 3. The molecule has 2 aromatic rings. The van der Waals surface area contributed by atoms with Gasteiger partial charge in [-0.15, -0.1) is 0 Å². The predicted molar refractivity (Wildman–Crippen MR) is 105 cm³/mol. The van der Waals surface area contributed by atoms with Crippen LogP contribution >= 0.6 is 0 Å². The summed E-state index contributed by atoms with van der Waals surface area (Å²) in [6, 6.07) is 6.66. The first-order chi connectivity index (χ1) is 14.8. The van der Waals surface area contributed by atoms with E-state index in [2.05, 4.69) is 5.32 Å². The average Bonchev–Trinajstić information content (AvgIpc) is 3.06. The minimum absolute atomic E-state index is 0.0506. The SMILES string of the molecule is N=C(N)c1ccc(-n2ccn(CCC(=O)NCCC(=O)O)c2=O)cc1.O=C(O)C(F)(F)F. The summed E-state index contributed by atoms with van der Waals surface area (Å²) >= 11 is 0. The predicted octanol–water partition coefficient (Wildman–Crippen LogP) is 0.537. The number of nitrogens with one attached hydrogen (secondary N) is 2. The zero-order valence-corrected chi connectivity index (χ0v) is 16.4. The van der Waals surface area contributed by atoms with Crippen molar-refractivity contribution in [1.29, 1.82) is 5.41 Å². The molecular formula is C18H20F3N5O6. The maximum Gasteiger partial charge on any atom is 0.490 e.